The number of thioether (sulfide) groups is 1. The molecule has 2 aromatic rings. The highest BCUT2D eigenvalue weighted by atomic mass is 32.2. The molecule has 0 aliphatic carbocycles. The van der Waals surface area contributed by atoms with E-state index in [1.165, 1.54) is 24.3 Å². The summed E-state index contributed by atoms with van der Waals surface area (Å²) in [6, 6.07) is 14.2. The van der Waals surface area contributed by atoms with Crippen molar-refractivity contribution in [1.82, 2.24) is 0 Å². The van der Waals surface area contributed by atoms with E-state index in [0.29, 0.717) is 5.69 Å². The Balaban J connectivity index is 2.20. The summed E-state index contributed by atoms with van der Waals surface area (Å²) in [5.74, 6) is -2.79. The van der Waals surface area contributed by atoms with Gasteiger partial charge in [-0.2, -0.15) is 0 Å². The van der Waals surface area contributed by atoms with Crippen molar-refractivity contribution in [2.24, 2.45) is 0 Å². The molecule has 0 radical (unpaired) electrons. The van der Waals surface area contributed by atoms with Crippen molar-refractivity contribution in [3.05, 3.63) is 54.6 Å². The largest absolute Gasteiger partial charge is 0.479 e. The number of nitrogens with two attached hydrogens (primary N) is 1. The van der Waals surface area contributed by atoms with Gasteiger partial charge in [-0.05, 0) is 36.4 Å². The molecule has 0 aromatic heterocycles. The predicted molar refractivity (Wildman–Crippen MR) is 92.7 cm³/mol. The van der Waals surface area contributed by atoms with Gasteiger partial charge in [0.05, 0.1) is 10.6 Å². The van der Waals surface area contributed by atoms with E-state index < -0.39 is 27.2 Å². The number of nitrogen functional groups attached to an aromatic ring is 1. The van der Waals surface area contributed by atoms with E-state index in [-0.39, 0.29) is 10.6 Å². The first-order valence-electron chi connectivity index (χ1n) is 6.95. The van der Waals surface area contributed by atoms with Crippen molar-refractivity contribution in [3.8, 4) is 0 Å². The third-order valence-electron chi connectivity index (χ3n) is 3.29. The van der Waals surface area contributed by atoms with Crippen LogP contribution < -0.4 is 5.73 Å². The molecule has 0 aliphatic heterocycles. The number of aliphatic carboxylic acids is 1. The lowest BCUT2D eigenvalue weighted by molar-refractivity contribution is -0.153. The second kappa shape index (κ2) is 7.25. The van der Waals surface area contributed by atoms with E-state index >= 15 is 0 Å². The number of carboxylic acids is 1. The number of sulfone groups is 1. The zero-order valence-corrected chi connectivity index (χ0v) is 14.3. The fourth-order valence-corrected chi connectivity index (χ4v) is 4.64. The van der Waals surface area contributed by atoms with Gasteiger partial charge in [-0.25, -0.2) is 13.2 Å². The predicted octanol–water partition coefficient (Wildman–Crippen LogP) is 1.65. The van der Waals surface area contributed by atoms with Gasteiger partial charge in [0.2, 0.25) is 0 Å². The molecule has 0 heterocycles. The first kappa shape index (κ1) is 18.3. The number of benzene rings is 2. The molecule has 8 heteroatoms. The van der Waals surface area contributed by atoms with Gasteiger partial charge in [0.1, 0.15) is 0 Å². The number of hydrogen-bond acceptors (Lipinski definition) is 6. The summed E-state index contributed by atoms with van der Waals surface area (Å²) in [6.45, 7) is 0. The minimum atomic E-state index is -3.98. The number of anilines is 1. The summed E-state index contributed by atoms with van der Waals surface area (Å²) in [6.07, 6.45) is 0. The lowest BCUT2D eigenvalue weighted by atomic mass is 10.1. The van der Waals surface area contributed by atoms with Crippen LogP contribution >= 0.6 is 11.8 Å². The molecule has 0 fully saturated rings. The first-order valence-corrected chi connectivity index (χ1v) is 9.59. The molecular weight excluding hydrogens is 350 g/mol. The Morgan fingerprint density at radius 3 is 2.21 bits per heavy atom. The summed E-state index contributed by atoms with van der Waals surface area (Å²) in [5.41, 5.74) is 3.50. The van der Waals surface area contributed by atoms with Gasteiger partial charge >= 0.3 is 5.97 Å². The van der Waals surface area contributed by atoms with Crippen molar-refractivity contribution >= 4 is 33.3 Å². The maximum Gasteiger partial charge on any atom is 0.337 e. The Morgan fingerprint density at radius 2 is 1.67 bits per heavy atom. The molecule has 4 N–H and O–H groups in total. The smallest absolute Gasteiger partial charge is 0.337 e. The van der Waals surface area contributed by atoms with Gasteiger partial charge in [0.25, 0.3) is 0 Å². The van der Waals surface area contributed by atoms with Crippen molar-refractivity contribution < 1.29 is 23.4 Å². The second-order valence-electron chi connectivity index (χ2n) is 5.27. The highest BCUT2D eigenvalue weighted by molar-refractivity contribution is 7.99. The lowest BCUT2D eigenvalue weighted by Gasteiger charge is -2.23. The quantitative estimate of drug-likeness (QED) is 0.503. The van der Waals surface area contributed by atoms with Crippen LogP contribution in [0, 0.1) is 0 Å². The van der Waals surface area contributed by atoms with E-state index in [9.17, 15) is 23.4 Å². The topological polar surface area (TPSA) is 118 Å². The minimum absolute atomic E-state index is 0.0823. The molecule has 0 bridgehead atoms. The van der Waals surface area contributed by atoms with Crippen molar-refractivity contribution in [1.29, 1.82) is 0 Å². The van der Waals surface area contributed by atoms with E-state index in [1.54, 1.807) is 30.3 Å². The maximum atomic E-state index is 12.4. The van der Waals surface area contributed by atoms with Crippen LogP contribution in [-0.2, 0) is 14.6 Å². The molecule has 2 rings (SSSR count). The molecule has 0 aliphatic rings. The normalized spacial score (nSPS) is 14.0. The molecule has 2 aromatic carbocycles. The number of carboxylic acid groups (broad SMARTS) is 1. The Kier molecular flexibility index (Phi) is 5.53. The molecule has 0 saturated heterocycles. The van der Waals surface area contributed by atoms with Gasteiger partial charge in [-0.15, -0.1) is 11.8 Å². The molecule has 128 valence electrons. The zero-order chi connectivity index (χ0) is 17.8. The van der Waals surface area contributed by atoms with Crippen LogP contribution in [0.3, 0.4) is 0 Å². The highest BCUT2D eigenvalue weighted by Gasteiger charge is 2.41. The summed E-state index contributed by atoms with van der Waals surface area (Å²) >= 11 is 1.08. The first-order chi connectivity index (χ1) is 11.2. The van der Waals surface area contributed by atoms with Crippen molar-refractivity contribution in [2.75, 3.05) is 17.2 Å². The van der Waals surface area contributed by atoms with Crippen LogP contribution in [0.25, 0.3) is 0 Å². The SMILES string of the molecule is Nc1ccc(S(=O)(=O)CC(O)(CSc2ccccc2)C(=O)O)cc1. The van der Waals surface area contributed by atoms with Crippen molar-refractivity contribution in [2.45, 2.75) is 15.4 Å². The highest BCUT2D eigenvalue weighted by Crippen LogP contribution is 2.26. The summed E-state index contributed by atoms with van der Waals surface area (Å²) in [4.78, 5) is 12.1. The summed E-state index contributed by atoms with van der Waals surface area (Å²) in [5, 5.41) is 19.7. The molecule has 24 heavy (non-hydrogen) atoms. The summed E-state index contributed by atoms with van der Waals surface area (Å²) < 4.78 is 24.8. The van der Waals surface area contributed by atoms with Crippen LogP contribution in [0.5, 0.6) is 0 Å². The minimum Gasteiger partial charge on any atom is -0.479 e. The van der Waals surface area contributed by atoms with Crippen LogP contribution in [0.15, 0.2) is 64.4 Å². The molecule has 1 atom stereocenters. The van der Waals surface area contributed by atoms with Gasteiger partial charge in [0.15, 0.2) is 15.4 Å². The zero-order valence-electron chi connectivity index (χ0n) is 12.6. The van der Waals surface area contributed by atoms with Crippen molar-refractivity contribution in [3.63, 3.8) is 0 Å². The van der Waals surface area contributed by atoms with Crippen LogP contribution in [-0.4, -0.2) is 41.7 Å². The summed E-state index contributed by atoms with van der Waals surface area (Å²) in [7, 11) is -3.98. The molecule has 6 nitrogen and oxygen atoms in total. The fraction of sp³-hybridized carbons (Fsp3) is 0.188. The monoisotopic (exact) mass is 367 g/mol. The number of rotatable bonds is 7. The third kappa shape index (κ3) is 4.50. The van der Waals surface area contributed by atoms with Crippen LogP contribution in [0.1, 0.15) is 0 Å². The van der Waals surface area contributed by atoms with Gasteiger partial charge in [0, 0.05) is 16.3 Å². The van der Waals surface area contributed by atoms with E-state index in [2.05, 4.69) is 0 Å². The maximum absolute atomic E-state index is 12.4. The number of hydrogen-bond donors (Lipinski definition) is 3. The van der Waals surface area contributed by atoms with E-state index in [1.807, 2.05) is 0 Å². The average molecular weight is 367 g/mol. The van der Waals surface area contributed by atoms with Gasteiger partial charge in [-0.1, -0.05) is 18.2 Å². The molecule has 0 spiro atoms. The standard InChI is InChI=1S/C16H17NO5S2/c17-12-6-8-14(9-7-12)24(21,22)11-16(20,15(18)19)10-23-13-4-2-1-3-5-13/h1-9,20H,10-11,17H2,(H,18,19). The number of carbonyl (C=O) groups is 1. The Bertz CT molecular complexity index is 806. The Hall–Kier alpha value is -2.03. The molecular formula is C16H17NO5S2. The fourth-order valence-electron chi connectivity index (χ4n) is 1.96. The molecule has 0 saturated carbocycles. The Morgan fingerprint density at radius 1 is 1.08 bits per heavy atom. The van der Waals surface area contributed by atoms with Gasteiger partial charge < -0.3 is 15.9 Å². The third-order valence-corrected chi connectivity index (χ3v) is 6.36. The van der Waals surface area contributed by atoms with E-state index in [0.717, 1.165) is 16.7 Å². The Labute approximate surface area is 144 Å². The number of aliphatic hydroxyl groups is 1. The lowest BCUT2D eigenvalue weighted by Crippen LogP contribution is -2.47. The second-order valence-corrected chi connectivity index (χ2v) is 8.30. The van der Waals surface area contributed by atoms with Crippen LogP contribution in [0.2, 0.25) is 0 Å². The van der Waals surface area contributed by atoms with Crippen LogP contribution in [0.4, 0.5) is 5.69 Å². The average Bonchev–Trinajstić information content (AvgIpc) is 2.54. The van der Waals surface area contributed by atoms with E-state index in [4.69, 9.17) is 5.73 Å². The van der Waals surface area contributed by atoms with Gasteiger partial charge in [-0.3, -0.25) is 0 Å². The molecule has 1 unspecified atom stereocenters. The molecule has 0 amide bonds.